The van der Waals surface area contributed by atoms with Gasteiger partial charge in [-0.15, -0.1) is 0 Å². The van der Waals surface area contributed by atoms with Crippen LogP contribution in [0.1, 0.15) is 11.1 Å². The van der Waals surface area contributed by atoms with Crippen molar-refractivity contribution in [3.8, 4) is 22.6 Å². The second-order valence-electron chi connectivity index (χ2n) is 10.1. The lowest BCUT2D eigenvalue weighted by Gasteiger charge is -2.26. The molecule has 0 bridgehead atoms. The first-order valence-corrected chi connectivity index (χ1v) is 16.0. The van der Waals surface area contributed by atoms with E-state index in [9.17, 15) is 9.59 Å². The van der Waals surface area contributed by atoms with Crippen LogP contribution in [0.3, 0.4) is 0 Å². The van der Waals surface area contributed by atoms with Crippen LogP contribution >= 0.6 is 47.2 Å². The molecule has 230 valence electrons. The van der Waals surface area contributed by atoms with E-state index in [2.05, 4.69) is 4.90 Å². The standard InChI is InChI=1S/C32H30Cl2N2O6S2/c33-24-4-7-26(27(34)19-24)22-3-8-28(41-16-13-35-11-14-40-15-12-35)23(17-22)18-29-31(39)36(32(43)44-29)10-9-21-1-5-25(6-2-21)42-20-30(37)38/h1-8,17-19H,9-16,20H2,(H,37,38)/b29-18-. The van der Waals surface area contributed by atoms with Gasteiger partial charge in [-0.3, -0.25) is 14.6 Å². The summed E-state index contributed by atoms with van der Waals surface area (Å²) < 4.78 is 17.3. The number of rotatable bonds is 12. The molecule has 0 aliphatic carbocycles. The Balaban J connectivity index is 1.32. The van der Waals surface area contributed by atoms with Gasteiger partial charge in [0.25, 0.3) is 5.91 Å². The highest BCUT2D eigenvalue weighted by atomic mass is 35.5. The molecule has 1 N–H and O–H groups in total. The molecule has 0 aromatic heterocycles. The van der Waals surface area contributed by atoms with Gasteiger partial charge in [-0.1, -0.05) is 71.4 Å². The zero-order valence-corrected chi connectivity index (χ0v) is 26.8. The monoisotopic (exact) mass is 672 g/mol. The minimum Gasteiger partial charge on any atom is -0.492 e. The summed E-state index contributed by atoms with van der Waals surface area (Å²) in [4.78, 5) is 28.6. The summed E-state index contributed by atoms with van der Waals surface area (Å²) in [5, 5.41) is 9.86. The number of ether oxygens (including phenoxy) is 3. The van der Waals surface area contributed by atoms with Gasteiger partial charge in [-0.05, 0) is 60.0 Å². The van der Waals surface area contributed by atoms with Gasteiger partial charge in [-0.25, -0.2) is 4.79 Å². The number of carbonyl (C=O) groups is 2. The van der Waals surface area contributed by atoms with Crippen LogP contribution in [0.5, 0.6) is 11.5 Å². The third kappa shape index (κ3) is 8.53. The maximum absolute atomic E-state index is 13.5. The molecule has 2 saturated heterocycles. The fourth-order valence-electron chi connectivity index (χ4n) is 4.77. The van der Waals surface area contributed by atoms with Gasteiger partial charge in [0.1, 0.15) is 22.4 Å². The van der Waals surface area contributed by atoms with Gasteiger partial charge >= 0.3 is 5.97 Å². The molecule has 3 aromatic carbocycles. The van der Waals surface area contributed by atoms with Gasteiger partial charge in [0.15, 0.2) is 6.61 Å². The molecule has 2 heterocycles. The zero-order valence-electron chi connectivity index (χ0n) is 23.7. The first-order chi connectivity index (χ1) is 21.3. The van der Waals surface area contributed by atoms with Gasteiger partial charge < -0.3 is 19.3 Å². The number of hydrogen-bond acceptors (Lipinski definition) is 8. The molecule has 8 nitrogen and oxygen atoms in total. The van der Waals surface area contributed by atoms with Gasteiger partial charge in [0, 0.05) is 47.4 Å². The number of amides is 1. The maximum Gasteiger partial charge on any atom is 0.341 e. The number of halogens is 2. The van der Waals surface area contributed by atoms with E-state index in [0.717, 1.165) is 55.1 Å². The summed E-state index contributed by atoms with van der Waals surface area (Å²) in [6.45, 7) is 4.43. The van der Waals surface area contributed by atoms with Crippen molar-refractivity contribution in [2.45, 2.75) is 6.42 Å². The third-order valence-electron chi connectivity index (χ3n) is 7.09. The average molecular weight is 674 g/mol. The van der Waals surface area contributed by atoms with Crippen LogP contribution in [-0.4, -0.2) is 83.7 Å². The number of nitrogens with zero attached hydrogens (tertiary/aromatic N) is 2. The summed E-state index contributed by atoms with van der Waals surface area (Å²) in [7, 11) is 0. The summed E-state index contributed by atoms with van der Waals surface area (Å²) in [5.74, 6) is -0.0865. The number of thioether (sulfide) groups is 1. The molecule has 1 amide bonds. The maximum atomic E-state index is 13.5. The second-order valence-corrected chi connectivity index (χ2v) is 12.6. The summed E-state index contributed by atoms with van der Waals surface area (Å²) in [6, 6.07) is 18.3. The van der Waals surface area contributed by atoms with Crippen LogP contribution in [0.2, 0.25) is 10.0 Å². The molecular weight excluding hydrogens is 643 g/mol. The molecule has 3 aromatic rings. The minimum atomic E-state index is -1.04. The highest BCUT2D eigenvalue weighted by molar-refractivity contribution is 8.26. The number of carboxylic acid groups (broad SMARTS) is 1. The lowest BCUT2D eigenvalue weighted by atomic mass is 10.0. The third-order valence-corrected chi connectivity index (χ3v) is 9.02. The Bertz CT molecular complexity index is 1560. The van der Waals surface area contributed by atoms with Crippen LogP contribution in [0.15, 0.2) is 65.6 Å². The predicted molar refractivity (Wildman–Crippen MR) is 178 cm³/mol. The van der Waals surface area contributed by atoms with Gasteiger partial charge in [0.2, 0.25) is 0 Å². The van der Waals surface area contributed by atoms with Crippen LogP contribution < -0.4 is 9.47 Å². The van der Waals surface area contributed by atoms with Crippen molar-refractivity contribution in [1.29, 1.82) is 0 Å². The van der Waals surface area contributed by atoms with Gasteiger partial charge in [0.05, 0.1) is 18.1 Å². The first-order valence-electron chi connectivity index (χ1n) is 14.0. The minimum absolute atomic E-state index is 0.171. The molecule has 5 rings (SSSR count). The highest BCUT2D eigenvalue weighted by Gasteiger charge is 2.32. The number of morpholine rings is 1. The number of benzene rings is 3. The molecule has 2 aliphatic rings. The van der Waals surface area contributed by atoms with Crippen LogP contribution in [0.4, 0.5) is 0 Å². The van der Waals surface area contributed by atoms with E-state index in [0.29, 0.717) is 50.3 Å². The van der Waals surface area contributed by atoms with Crippen LogP contribution in [-0.2, 0) is 20.7 Å². The summed E-state index contributed by atoms with van der Waals surface area (Å²) in [6.07, 6.45) is 2.39. The Kier molecular flexibility index (Phi) is 11.2. The molecule has 0 saturated carbocycles. The van der Waals surface area contributed by atoms with Crippen molar-refractivity contribution in [3.05, 3.63) is 86.7 Å². The number of carbonyl (C=O) groups excluding carboxylic acids is 1. The number of carboxylic acids is 1. The topological polar surface area (TPSA) is 88.5 Å². The largest absolute Gasteiger partial charge is 0.492 e. The van der Waals surface area contributed by atoms with Crippen molar-refractivity contribution in [2.24, 2.45) is 0 Å². The molecule has 0 spiro atoms. The van der Waals surface area contributed by atoms with E-state index < -0.39 is 12.6 Å². The second kappa shape index (κ2) is 15.2. The van der Waals surface area contributed by atoms with Crippen LogP contribution in [0, 0.1) is 0 Å². The SMILES string of the molecule is O=C(O)COc1ccc(CCN2C(=O)/C(=C/c3cc(-c4ccc(Cl)cc4Cl)ccc3OCCN3CCOCC3)SC2=S)cc1. The molecule has 44 heavy (non-hydrogen) atoms. The molecule has 0 radical (unpaired) electrons. The molecule has 2 fully saturated rings. The fraction of sp³-hybridized carbons (Fsp3) is 0.281. The van der Waals surface area contributed by atoms with E-state index >= 15 is 0 Å². The van der Waals surface area contributed by atoms with Crippen LogP contribution in [0.25, 0.3) is 17.2 Å². The Morgan fingerprint density at radius 3 is 2.52 bits per heavy atom. The first kappa shape index (κ1) is 32.3. The lowest BCUT2D eigenvalue weighted by molar-refractivity contribution is -0.139. The Morgan fingerprint density at radius 2 is 1.80 bits per heavy atom. The number of hydrogen-bond donors (Lipinski definition) is 1. The average Bonchev–Trinajstić information content (AvgIpc) is 3.28. The lowest BCUT2D eigenvalue weighted by Crippen LogP contribution is -2.38. The normalized spacial score (nSPS) is 16.5. The van der Waals surface area contributed by atoms with Crippen molar-refractivity contribution in [1.82, 2.24) is 9.80 Å². The smallest absolute Gasteiger partial charge is 0.341 e. The van der Waals surface area contributed by atoms with E-state index in [1.54, 1.807) is 29.2 Å². The van der Waals surface area contributed by atoms with Crippen molar-refractivity contribution in [2.75, 3.05) is 52.6 Å². The van der Waals surface area contributed by atoms with Gasteiger partial charge in [-0.2, -0.15) is 0 Å². The van der Waals surface area contributed by atoms with Crippen molar-refractivity contribution < 1.29 is 28.9 Å². The Morgan fingerprint density at radius 1 is 1.02 bits per heavy atom. The quantitative estimate of drug-likeness (QED) is 0.176. The molecular formula is C32H30Cl2N2O6S2. The Hall–Kier alpha value is -3.12. The number of aliphatic carboxylic acids is 1. The van der Waals surface area contributed by atoms with E-state index in [-0.39, 0.29) is 5.91 Å². The van der Waals surface area contributed by atoms with Crippen molar-refractivity contribution in [3.63, 3.8) is 0 Å². The summed E-state index contributed by atoms with van der Waals surface area (Å²) in [5.41, 5.74) is 3.39. The number of thiocarbonyl (C=S) groups is 1. The Labute approximate surface area is 275 Å². The molecule has 12 heteroatoms. The zero-order chi connectivity index (χ0) is 31.1. The predicted octanol–water partition coefficient (Wildman–Crippen LogP) is 6.28. The summed E-state index contributed by atoms with van der Waals surface area (Å²) >= 11 is 19.5. The molecule has 2 aliphatic heterocycles. The van der Waals surface area contributed by atoms with E-state index in [1.165, 1.54) is 11.8 Å². The van der Waals surface area contributed by atoms with E-state index in [1.807, 2.05) is 42.5 Å². The fourth-order valence-corrected chi connectivity index (χ4v) is 6.58. The van der Waals surface area contributed by atoms with Crippen molar-refractivity contribution >= 4 is 69.5 Å². The highest BCUT2D eigenvalue weighted by Crippen LogP contribution is 2.37. The molecule has 0 atom stereocenters. The van der Waals surface area contributed by atoms with E-state index in [4.69, 9.17) is 54.7 Å². The molecule has 0 unspecified atom stereocenters.